The van der Waals surface area contributed by atoms with E-state index in [4.69, 9.17) is 4.74 Å². The van der Waals surface area contributed by atoms with Crippen LogP contribution in [0.15, 0.2) is 48.5 Å². The van der Waals surface area contributed by atoms with E-state index in [1.807, 2.05) is 31.2 Å². The first-order valence-electron chi connectivity index (χ1n) is 9.10. The molecule has 0 aliphatic carbocycles. The molecule has 2 aromatic carbocycles. The van der Waals surface area contributed by atoms with Gasteiger partial charge >= 0.3 is 5.97 Å². The van der Waals surface area contributed by atoms with E-state index in [0.717, 1.165) is 17.7 Å². The van der Waals surface area contributed by atoms with Crippen molar-refractivity contribution in [3.63, 3.8) is 0 Å². The van der Waals surface area contributed by atoms with E-state index in [1.54, 1.807) is 24.3 Å². The number of para-hydroxylation sites is 1. The number of fused-ring (bicyclic) bond motifs is 1. The maximum atomic E-state index is 12.9. The van der Waals surface area contributed by atoms with Gasteiger partial charge in [0, 0.05) is 17.7 Å². The van der Waals surface area contributed by atoms with E-state index < -0.39 is 18.2 Å². The predicted molar refractivity (Wildman–Crippen MR) is 98.9 cm³/mol. The number of anilines is 1. The molecule has 1 N–H and O–H groups in total. The van der Waals surface area contributed by atoms with Crippen molar-refractivity contribution in [2.75, 3.05) is 5.32 Å². The van der Waals surface area contributed by atoms with Gasteiger partial charge in [0.05, 0.1) is 5.56 Å². The molecule has 0 aromatic heterocycles. The van der Waals surface area contributed by atoms with Crippen LogP contribution >= 0.6 is 0 Å². The van der Waals surface area contributed by atoms with Crippen LogP contribution in [-0.2, 0) is 20.7 Å². The van der Waals surface area contributed by atoms with Crippen LogP contribution in [0.5, 0.6) is 0 Å². The maximum absolute atomic E-state index is 12.9. The highest BCUT2D eigenvalue weighted by Gasteiger charge is 2.46. The highest BCUT2D eigenvalue weighted by molar-refractivity contribution is 6.00. The van der Waals surface area contributed by atoms with Crippen LogP contribution in [0.2, 0.25) is 0 Å². The normalized spacial score (nSPS) is 21.1. The summed E-state index contributed by atoms with van der Waals surface area (Å²) in [6.07, 6.45) is 0.594. The third-order valence-corrected chi connectivity index (χ3v) is 5.13. The number of amides is 2. The van der Waals surface area contributed by atoms with Gasteiger partial charge in [-0.3, -0.25) is 14.5 Å². The fourth-order valence-corrected chi connectivity index (χ4v) is 3.75. The summed E-state index contributed by atoms with van der Waals surface area (Å²) in [5.41, 5.74) is 2.84. The van der Waals surface area contributed by atoms with Gasteiger partial charge in [-0.2, -0.15) is 0 Å². The van der Waals surface area contributed by atoms with Gasteiger partial charge in [-0.25, -0.2) is 4.79 Å². The summed E-state index contributed by atoms with van der Waals surface area (Å²) in [7, 11) is 0. The van der Waals surface area contributed by atoms with Gasteiger partial charge in [-0.05, 0) is 30.5 Å². The lowest BCUT2D eigenvalue weighted by Crippen LogP contribution is -2.44. The Hall–Kier alpha value is -3.15. The molecule has 2 atom stereocenters. The lowest BCUT2D eigenvalue weighted by molar-refractivity contribution is -0.144. The minimum atomic E-state index is -0.846. The van der Waals surface area contributed by atoms with Gasteiger partial charge in [-0.1, -0.05) is 43.3 Å². The lowest BCUT2D eigenvalue weighted by Gasteiger charge is -2.29. The van der Waals surface area contributed by atoms with Crippen LogP contribution < -0.4 is 5.32 Å². The summed E-state index contributed by atoms with van der Waals surface area (Å²) in [5, 5.41) is 2.94. The number of rotatable bonds is 4. The minimum Gasteiger partial charge on any atom is -0.433 e. The van der Waals surface area contributed by atoms with Crippen LogP contribution in [0.25, 0.3) is 0 Å². The van der Waals surface area contributed by atoms with Crippen LogP contribution in [0.3, 0.4) is 0 Å². The van der Waals surface area contributed by atoms with Crippen molar-refractivity contribution in [2.45, 2.75) is 38.5 Å². The van der Waals surface area contributed by atoms with Gasteiger partial charge in [0.15, 0.2) is 0 Å². The first-order chi connectivity index (χ1) is 13.1. The summed E-state index contributed by atoms with van der Waals surface area (Å²) in [5.74, 6) is -0.915. The fraction of sp³-hybridized carbons (Fsp3) is 0.286. The molecule has 0 unspecified atom stereocenters. The third kappa shape index (κ3) is 2.97. The Morgan fingerprint density at radius 1 is 1.15 bits per heavy atom. The topological polar surface area (TPSA) is 75.7 Å². The van der Waals surface area contributed by atoms with E-state index in [-0.39, 0.29) is 18.2 Å². The number of benzene rings is 2. The van der Waals surface area contributed by atoms with Crippen LogP contribution in [-0.4, -0.2) is 28.7 Å². The van der Waals surface area contributed by atoms with Crippen LogP contribution in [0.4, 0.5) is 5.69 Å². The highest BCUT2D eigenvalue weighted by atomic mass is 16.6. The summed E-state index contributed by atoms with van der Waals surface area (Å²) in [4.78, 5) is 39.0. The number of nitrogens with one attached hydrogen (secondary N) is 1. The monoisotopic (exact) mass is 364 g/mol. The van der Waals surface area contributed by atoms with Gasteiger partial charge in [0.2, 0.25) is 18.0 Å². The van der Waals surface area contributed by atoms with Crippen molar-refractivity contribution in [3.05, 3.63) is 65.2 Å². The van der Waals surface area contributed by atoms with E-state index in [9.17, 15) is 14.4 Å². The Bertz CT molecular complexity index is 924. The average molecular weight is 364 g/mol. The number of nitrogens with zero attached hydrogens (tertiary/aromatic N) is 1. The first-order valence-corrected chi connectivity index (χ1v) is 9.10. The van der Waals surface area contributed by atoms with Crippen molar-refractivity contribution < 1.29 is 19.1 Å². The Morgan fingerprint density at radius 3 is 2.70 bits per heavy atom. The molecule has 2 amide bonds. The second-order valence-electron chi connectivity index (χ2n) is 6.70. The zero-order chi connectivity index (χ0) is 19.0. The second-order valence-corrected chi connectivity index (χ2v) is 6.70. The quantitative estimate of drug-likeness (QED) is 0.846. The molecule has 6 nitrogen and oxygen atoms in total. The molecule has 4 rings (SSSR count). The zero-order valence-corrected chi connectivity index (χ0v) is 15.0. The first kappa shape index (κ1) is 17.3. The number of aryl methyl sites for hydroxylation is 1. The van der Waals surface area contributed by atoms with Gasteiger partial charge < -0.3 is 10.1 Å². The maximum Gasteiger partial charge on any atom is 0.340 e. The van der Waals surface area contributed by atoms with E-state index >= 15 is 0 Å². The van der Waals surface area contributed by atoms with E-state index in [2.05, 4.69) is 5.32 Å². The molecule has 2 aliphatic rings. The molecular formula is C21H20N2O4. The number of hydrogen-bond acceptors (Lipinski definition) is 4. The second kappa shape index (κ2) is 6.87. The number of carbonyl (C=O) groups is 3. The van der Waals surface area contributed by atoms with Crippen LogP contribution in [0.1, 0.15) is 47.5 Å². The molecule has 1 saturated heterocycles. The molecule has 1 fully saturated rings. The standard InChI is InChI=1S/C21H20N2O4/c1-2-13-7-3-6-10-16(13)22-19(25)17-11-12-18(24)23(17)20-14-8-4-5-9-15(14)21(26)27-20/h3-10,17,20H,2,11-12H2,1H3,(H,22,25)/t17-,20-/m0/s1. The summed E-state index contributed by atoms with van der Waals surface area (Å²) in [6, 6.07) is 13.9. The highest BCUT2D eigenvalue weighted by Crippen LogP contribution is 2.38. The van der Waals surface area contributed by atoms with Crippen molar-refractivity contribution in [1.82, 2.24) is 4.90 Å². The SMILES string of the molecule is CCc1ccccc1NC(=O)[C@@H]1CCC(=O)N1[C@H]1OC(=O)c2ccccc21. The Kier molecular flexibility index (Phi) is 4.39. The van der Waals surface area contributed by atoms with Crippen molar-refractivity contribution in [2.24, 2.45) is 0 Å². The summed E-state index contributed by atoms with van der Waals surface area (Å²) in [6.45, 7) is 2.02. The van der Waals surface area contributed by atoms with Gasteiger partial charge in [0.1, 0.15) is 6.04 Å². The Labute approximate surface area is 157 Å². The van der Waals surface area contributed by atoms with Crippen molar-refractivity contribution >= 4 is 23.5 Å². The molecule has 0 radical (unpaired) electrons. The molecule has 2 aromatic rings. The molecule has 0 saturated carbocycles. The Balaban J connectivity index is 1.61. The molecule has 138 valence electrons. The minimum absolute atomic E-state index is 0.187. The molecule has 0 spiro atoms. The van der Waals surface area contributed by atoms with Crippen molar-refractivity contribution in [1.29, 1.82) is 0 Å². The van der Waals surface area contributed by atoms with Gasteiger partial charge in [0.25, 0.3) is 0 Å². The number of likely N-dealkylation sites (tertiary alicyclic amines) is 1. The summed E-state index contributed by atoms with van der Waals surface area (Å²) < 4.78 is 5.45. The average Bonchev–Trinajstić information content (AvgIpc) is 3.22. The predicted octanol–water partition coefficient (Wildman–Crippen LogP) is 3.05. The number of carbonyl (C=O) groups excluding carboxylic acids is 3. The number of esters is 1. The number of cyclic esters (lactones) is 1. The lowest BCUT2D eigenvalue weighted by atomic mass is 10.1. The molecule has 27 heavy (non-hydrogen) atoms. The van der Waals surface area contributed by atoms with Gasteiger partial charge in [-0.15, -0.1) is 0 Å². The van der Waals surface area contributed by atoms with Crippen LogP contribution in [0, 0.1) is 0 Å². The number of ether oxygens (including phenoxy) is 1. The van der Waals surface area contributed by atoms with E-state index in [0.29, 0.717) is 17.5 Å². The molecular weight excluding hydrogens is 344 g/mol. The third-order valence-electron chi connectivity index (χ3n) is 5.13. The fourth-order valence-electron chi connectivity index (χ4n) is 3.75. The molecule has 2 heterocycles. The smallest absolute Gasteiger partial charge is 0.340 e. The van der Waals surface area contributed by atoms with E-state index in [1.165, 1.54) is 4.90 Å². The zero-order valence-electron chi connectivity index (χ0n) is 15.0. The number of hydrogen-bond donors (Lipinski definition) is 1. The molecule has 0 bridgehead atoms. The largest absolute Gasteiger partial charge is 0.433 e. The molecule has 6 heteroatoms. The molecule has 2 aliphatic heterocycles. The summed E-state index contributed by atoms with van der Waals surface area (Å²) >= 11 is 0. The Morgan fingerprint density at radius 2 is 1.89 bits per heavy atom. The van der Waals surface area contributed by atoms with Crippen molar-refractivity contribution in [3.8, 4) is 0 Å².